The summed E-state index contributed by atoms with van der Waals surface area (Å²) in [7, 11) is 0. The summed E-state index contributed by atoms with van der Waals surface area (Å²) in [6.45, 7) is 1.79. The molecule has 22 heavy (non-hydrogen) atoms. The van der Waals surface area contributed by atoms with Crippen LogP contribution in [-0.4, -0.2) is 15.7 Å². The van der Waals surface area contributed by atoms with E-state index in [1.54, 1.807) is 24.0 Å². The first-order chi connectivity index (χ1) is 10.6. The Kier molecular flexibility index (Phi) is 4.32. The number of nitriles is 1. The average molecular weight is 379 g/mol. The van der Waals surface area contributed by atoms with Crippen LogP contribution in [0, 0.1) is 11.3 Å². The maximum absolute atomic E-state index is 12.4. The fraction of sp³-hybridized carbons (Fsp3) is 0.400. The minimum absolute atomic E-state index is 0.161. The highest BCUT2D eigenvalue weighted by atomic mass is 79.9. The number of amides is 1. The smallest absolute Gasteiger partial charge is 0.249 e. The van der Waals surface area contributed by atoms with E-state index in [1.807, 2.05) is 0 Å². The summed E-state index contributed by atoms with van der Waals surface area (Å²) in [5.74, 6) is -0.161. The molecule has 0 radical (unpaired) electrons. The van der Waals surface area contributed by atoms with Crippen LogP contribution in [0.1, 0.15) is 41.8 Å². The molecule has 0 saturated heterocycles. The van der Waals surface area contributed by atoms with Gasteiger partial charge in [-0.3, -0.25) is 9.48 Å². The monoisotopic (exact) mass is 378 g/mol. The molecule has 0 spiro atoms. The van der Waals surface area contributed by atoms with Gasteiger partial charge in [0.1, 0.15) is 17.1 Å². The molecule has 1 atom stereocenters. The number of carbonyl (C=O) groups excluding carboxylic acids is 1. The van der Waals surface area contributed by atoms with Gasteiger partial charge in [-0.2, -0.15) is 10.4 Å². The minimum Gasteiger partial charge on any atom is -0.315 e. The number of nitrogens with one attached hydrogen (secondary N) is 1. The van der Waals surface area contributed by atoms with Gasteiger partial charge in [0.25, 0.3) is 0 Å². The van der Waals surface area contributed by atoms with Crippen molar-refractivity contribution in [3.63, 3.8) is 0 Å². The van der Waals surface area contributed by atoms with Crippen molar-refractivity contribution in [1.29, 1.82) is 5.26 Å². The number of carbonyl (C=O) groups is 1. The van der Waals surface area contributed by atoms with E-state index < -0.39 is 6.04 Å². The van der Waals surface area contributed by atoms with Crippen LogP contribution in [0.25, 0.3) is 0 Å². The third-order valence-electron chi connectivity index (χ3n) is 3.87. The molecule has 2 aromatic rings. The summed E-state index contributed by atoms with van der Waals surface area (Å²) in [5.41, 5.74) is 1.77. The number of hydrogen-bond acceptors (Lipinski definition) is 4. The molecule has 0 aliphatic heterocycles. The maximum atomic E-state index is 12.4. The van der Waals surface area contributed by atoms with Gasteiger partial charge in [0, 0.05) is 11.1 Å². The predicted molar refractivity (Wildman–Crippen MR) is 88.9 cm³/mol. The number of nitrogens with zero attached hydrogens (tertiary/aromatic N) is 3. The number of rotatable bonds is 3. The van der Waals surface area contributed by atoms with E-state index in [4.69, 9.17) is 0 Å². The second kappa shape index (κ2) is 6.23. The van der Waals surface area contributed by atoms with E-state index in [0.29, 0.717) is 10.6 Å². The Hall–Kier alpha value is -1.65. The van der Waals surface area contributed by atoms with E-state index in [-0.39, 0.29) is 5.91 Å². The standard InChI is InChI=1S/C15H15BrN4OS/c1-9(20-8-10(16)7-18-20)14(21)19-15-12(6-17)11-4-2-3-5-13(11)22-15/h7-9H,2-5H2,1H3,(H,19,21). The molecule has 1 amide bonds. The zero-order chi connectivity index (χ0) is 15.7. The molecule has 1 unspecified atom stereocenters. The molecule has 0 saturated carbocycles. The average Bonchev–Trinajstić information content (AvgIpc) is 3.09. The Balaban J connectivity index is 1.82. The number of aromatic nitrogens is 2. The molecule has 3 rings (SSSR count). The predicted octanol–water partition coefficient (Wildman–Crippen LogP) is 3.66. The summed E-state index contributed by atoms with van der Waals surface area (Å²) in [6, 6.07) is 1.82. The van der Waals surface area contributed by atoms with Gasteiger partial charge in [-0.15, -0.1) is 11.3 Å². The van der Waals surface area contributed by atoms with Crippen LogP contribution in [0.4, 0.5) is 5.00 Å². The second-order valence-corrected chi connectivity index (χ2v) is 7.35. The molecule has 5 nitrogen and oxygen atoms in total. The van der Waals surface area contributed by atoms with Crippen LogP contribution in [-0.2, 0) is 17.6 Å². The Morgan fingerprint density at radius 2 is 2.32 bits per heavy atom. The van der Waals surface area contributed by atoms with Crippen LogP contribution < -0.4 is 5.32 Å². The van der Waals surface area contributed by atoms with Crippen LogP contribution in [0.2, 0.25) is 0 Å². The zero-order valence-electron chi connectivity index (χ0n) is 12.1. The Morgan fingerprint density at radius 3 is 3.00 bits per heavy atom. The Bertz CT molecular complexity index is 758. The van der Waals surface area contributed by atoms with E-state index in [0.717, 1.165) is 35.7 Å². The Morgan fingerprint density at radius 1 is 1.55 bits per heavy atom. The van der Waals surface area contributed by atoms with Crippen molar-refractivity contribution < 1.29 is 4.79 Å². The van der Waals surface area contributed by atoms with Crippen LogP contribution in [0.3, 0.4) is 0 Å². The van der Waals surface area contributed by atoms with E-state index >= 15 is 0 Å². The van der Waals surface area contributed by atoms with Crippen molar-refractivity contribution in [3.05, 3.63) is 32.9 Å². The zero-order valence-corrected chi connectivity index (χ0v) is 14.5. The first-order valence-corrected chi connectivity index (χ1v) is 8.76. The van der Waals surface area contributed by atoms with Crippen LogP contribution >= 0.6 is 27.3 Å². The molecule has 0 bridgehead atoms. The molecule has 2 aromatic heterocycles. The van der Waals surface area contributed by atoms with Gasteiger partial charge >= 0.3 is 0 Å². The van der Waals surface area contributed by atoms with E-state index in [2.05, 4.69) is 32.4 Å². The van der Waals surface area contributed by atoms with E-state index in [9.17, 15) is 10.1 Å². The topological polar surface area (TPSA) is 70.7 Å². The largest absolute Gasteiger partial charge is 0.315 e. The molecule has 1 aliphatic rings. The Labute approximate surface area is 141 Å². The quantitative estimate of drug-likeness (QED) is 0.885. The van der Waals surface area contributed by atoms with Crippen molar-refractivity contribution >= 4 is 38.2 Å². The second-order valence-electron chi connectivity index (χ2n) is 5.33. The van der Waals surface area contributed by atoms with Crippen molar-refractivity contribution in [2.24, 2.45) is 0 Å². The summed E-state index contributed by atoms with van der Waals surface area (Å²) >= 11 is 4.86. The van der Waals surface area contributed by atoms with Crippen LogP contribution in [0.15, 0.2) is 16.9 Å². The fourth-order valence-corrected chi connectivity index (χ4v) is 4.18. The highest BCUT2D eigenvalue weighted by Gasteiger charge is 2.24. The normalized spacial score (nSPS) is 15.0. The first kappa shape index (κ1) is 15.3. The van der Waals surface area contributed by atoms with Crippen molar-refractivity contribution in [2.45, 2.75) is 38.6 Å². The van der Waals surface area contributed by atoms with Gasteiger partial charge in [-0.1, -0.05) is 0 Å². The molecule has 1 N–H and O–H groups in total. The maximum Gasteiger partial charge on any atom is 0.249 e. The lowest BCUT2D eigenvalue weighted by atomic mass is 9.96. The van der Waals surface area contributed by atoms with E-state index in [1.165, 1.54) is 16.2 Å². The van der Waals surface area contributed by atoms with Gasteiger partial charge in [-0.05, 0) is 54.1 Å². The number of aryl methyl sites for hydroxylation is 1. The van der Waals surface area contributed by atoms with Gasteiger partial charge in [-0.25, -0.2) is 0 Å². The number of thiophene rings is 1. The lowest BCUT2D eigenvalue weighted by molar-refractivity contribution is -0.119. The van der Waals surface area contributed by atoms with Crippen LogP contribution in [0.5, 0.6) is 0 Å². The van der Waals surface area contributed by atoms with Gasteiger partial charge < -0.3 is 5.32 Å². The van der Waals surface area contributed by atoms with Gasteiger partial charge in [0.15, 0.2) is 0 Å². The first-order valence-electron chi connectivity index (χ1n) is 7.15. The molecule has 7 heteroatoms. The SMILES string of the molecule is CC(C(=O)Nc1sc2c(c1C#N)CCCC2)n1cc(Br)cn1. The minimum atomic E-state index is -0.433. The third-order valence-corrected chi connectivity index (χ3v) is 5.48. The highest BCUT2D eigenvalue weighted by Crippen LogP contribution is 2.37. The number of anilines is 1. The lowest BCUT2D eigenvalue weighted by Crippen LogP contribution is -2.23. The summed E-state index contributed by atoms with van der Waals surface area (Å²) in [5, 5.41) is 17.1. The molecular formula is C15H15BrN4OS. The van der Waals surface area contributed by atoms with Crippen molar-refractivity contribution in [2.75, 3.05) is 5.32 Å². The highest BCUT2D eigenvalue weighted by molar-refractivity contribution is 9.10. The summed E-state index contributed by atoms with van der Waals surface area (Å²) in [4.78, 5) is 13.7. The van der Waals surface area contributed by atoms with Gasteiger partial charge in [0.2, 0.25) is 5.91 Å². The van der Waals surface area contributed by atoms with Crippen molar-refractivity contribution in [1.82, 2.24) is 9.78 Å². The molecule has 0 aromatic carbocycles. The lowest BCUT2D eigenvalue weighted by Gasteiger charge is -2.12. The van der Waals surface area contributed by atoms with Crippen molar-refractivity contribution in [3.8, 4) is 6.07 Å². The van der Waals surface area contributed by atoms with Gasteiger partial charge in [0.05, 0.1) is 16.2 Å². The number of halogens is 1. The number of hydrogen-bond donors (Lipinski definition) is 1. The fourth-order valence-electron chi connectivity index (χ4n) is 2.64. The summed E-state index contributed by atoms with van der Waals surface area (Å²) < 4.78 is 2.43. The number of fused-ring (bicyclic) bond motifs is 1. The molecule has 1 aliphatic carbocycles. The summed E-state index contributed by atoms with van der Waals surface area (Å²) in [6.07, 6.45) is 7.62. The molecular weight excluding hydrogens is 364 g/mol. The third kappa shape index (κ3) is 2.81. The molecule has 114 valence electrons. The molecule has 0 fully saturated rings. The molecule has 2 heterocycles.